The summed E-state index contributed by atoms with van der Waals surface area (Å²) in [5.74, 6) is 8.47. The largest absolute Gasteiger partial charge is 0.453 e. The van der Waals surface area contributed by atoms with Crippen LogP contribution in [0.15, 0.2) is 60.9 Å². The number of hydrogen-bond acceptors (Lipinski definition) is 8. The molecule has 0 radical (unpaired) electrons. The highest BCUT2D eigenvalue weighted by molar-refractivity contribution is 5.88. The van der Waals surface area contributed by atoms with Crippen LogP contribution in [0.5, 0.6) is 0 Å². The molecule has 14 heteroatoms. The summed E-state index contributed by atoms with van der Waals surface area (Å²) >= 11 is 0. The molecule has 2 aliphatic heterocycles. The van der Waals surface area contributed by atoms with Gasteiger partial charge in [0.15, 0.2) is 0 Å². The van der Waals surface area contributed by atoms with Crippen molar-refractivity contribution in [3.63, 3.8) is 0 Å². The van der Waals surface area contributed by atoms with Crippen LogP contribution in [0.25, 0.3) is 22.8 Å². The lowest BCUT2D eigenvalue weighted by molar-refractivity contribution is -0.137. The number of fused-ring (bicyclic) bond motifs is 2. The molecule has 2 saturated carbocycles. The number of carbonyl (C=O) groups is 4. The third-order valence-electron chi connectivity index (χ3n) is 12.1. The summed E-state index contributed by atoms with van der Waals surface area (Å²) in [6.45, 7) is 7.67. The van der Waals surface area contributed by atoms with E-state index >= 15 is 0 Å². The van der Waals surface area contributed by atoms with Crippen LogP contribution >= 0.6 is 0 Å². The molecule has 302 valence electrons. The number of hydrogen-bond donors (Lipinski definition) is 4. The van der Waals surface area contributed by atoms with E-state index in [0.717, 1.165) is 59.3 Å². The summed E-state index contributed by atoms with van der Waals surface area (Å²) in [4.78, 5) is 71.7. The fourth-order valence-corrected chi connectivity index (χ4v) is 8.69. The normalized spacial score (nSPS) is 23.7. The van der Waals surface area contributed by atoms with E-state index in [1.165, 1.54) is 14.2 Å². The van der Waals surface area contributed by atoms with Crippen molar-refractivity contribution in [2.24, 2.45) is 23.7 Å². The molecule has 4 amide bonds. The van der Waals surface area contributed by atoms with Gasteiger partial charge in [-0.2, -0.15) is 0 Å². The van der Waals surface area contributed by atoms with E-state index in [-0.39, 0.29) is 47.8 Å². The van der Waals surface area contributed by atoms with Gasteiger partial charge in [-0.3, -0.25) is 9.59 Å². The first-order valence-electron chi connectivity index (χ1n) is 20.1. The lowest BCUT2D eigenvalue weighted by atomic mass is 10.0. The zero-order chi connectivity index (χ0) is 40.8. The Balaban J connectivity index is 0.903. The second kappa shape index (κ2) is 15.7. The average Bonchev–Trinajstić information content (AvgIpc) is 3.81. The number of imidazole rings is 2. The van der Waals surface area contributed by atoms with Gasteiger partial charge in [0.2, 0.25) is 11.8 Å². The van der Waals surface area contributed by atoms with Gasteiger partial charge in [0.1, 0.15) is 23.7 Å². The van der Waals surface area contributed by atoms with E-state index in [4.69, 9.17) is 9.47 Å². The van der Waals surface area contributed by atoms with Crippen molar-refractivity contribution in [2.75, 3.05) is 14.2 Å². The summed E-state index contributed by atoms with van der Waals surface area (Å²) in [6, 6.07) is 14.5. The first kappa shape index (κ1) is 38.8. The van der Waals surface area contributed by atoms with Crippen LogP contribution in [-0.4, -0.2) is 92.1 Å². The lowest BCUT2D eigenvalue weighted by Gasteiger charge is -2.32. The molecular weight excluding hydrogens is 737 g/mol. The Labute approximate surface area is 337 Å². The van der Waals surface area contributed by atoms with Crippen molar-refractivity contribution < 1.29 is 28.7 Å². The Bertz CT molecular complexity index is 2100. The third-order valence-corrected chi connectivity index (χ3v) is 12.1. The van der Waals surface area contributed by atoms with Crippen molar-refractivity contribution in [1.29, 1.82) is 0 Å². The first-order valence-corrected chi connectivity index (χ1v) is 20.1. The minimum atomic E-state index is -0.672. The van der Waals surface area contributed by atoms with Crippen molar-refractivity contribution >= 4 is 24.0 Å². The molecule has 0 bridgehead atoms. The summed E-state index contributed by atoms with van der Waals surface area (Å²) in [5.41, 5.74) is 5.29. The molecule has 8 rings (SSSR count). The molecule has 4 fully saturated rings. The molecule has 4 N–H and O–H groups in total. The van der Waals surface area contributed by atoms with Gasteiger partial charge in [-0.25, -0.2) is 19.6 Å². The van der Waals surface area contributed by atoms with Gasteiger partial charge in [-0.15, -0.1) is 0 Å². The second-order valence-electron chi connectivity index (χ2n) is 16.6. The Kier molecular flexibility index (Phi) is 10.5. The number of aromatic amines is 2. The minimum absolute atomic E-state index is 0.0934. The quantitative estimate of drug-likeness (QED) is 0.143. The van der Waals surface area contributed by atoms with Gasteiger partial charge >= 0.3 is 12.2 Å². The molecule has 4 unspecified atom stereocenters. The first-order chi connectivity index (χ1) is 27.9. The number of aromatic nitrogens is 4. The SMILES string of the molecule is COC(=O)N[C@H](C(=O)N1C2CC2C[C@H]1c1cnc(-c2ccc(C#Cc3ccc(-c4ncc([C@@H]5CC6CC6N5C(=O)[C@@H](NC(=O)OC)C(C)C)[nH]4)cc3)cc2)[nH]1)C(C)C. The standard InChI is InChI=1S/C44H50N8O6/c1-23(2)37(49-43(55)57-5)41(53)51-33-17-29(33)19-35(51)31-21-45-39(47-31)27-13-9-25(10-14-27)7-8-26-11-15-28(16-12-26)40-46-22-32(48-40)36-20-30-18-34(30)52(36)42(54)38(24(3)4)50-44(56)58-6/h9-16,21-24,29-30,33-38H,17-20H2,1-6H3,(H,45,47)(H,46,48)(H,49,55)(H,50,56)/t29?,30?,33?,34?,35-,36-,37-,38-/m0/s1. The molecule has 14 nitrogen and oxygen atoms in total. The summed E-state index contributed by atoms with van der Waals surface area (Å²) in [6.07, 6.45) is 6.08. The number of ether oxygens (including phenoxy) is 2. The molecule has 58 heavy (non-hydrogen) atoms. The average molecular weight is 787 g/mol. The highest BCUT2D eigenvalue weighted by Crippen LogP contribution is 2.54. The van der Waals surface area contributed by atoms with E-state index in [2.05, 4.69) is 42.4 Å². The second-order valence-corrected chi connectivity index (χ2v) is 16.6. The topological polar surface area (TPSA) is 175 Å². The summed E-state index contributed by atoms with van der Waals surface area (Å²) in [7, 11) is 2.60. The fourth-order valence-electron chi connectivity index (χ4n) is 8.69. The van der Waals surface area contributed by atoms with E-state index in [9.17, 15) is 19.2 Å². The minimum Gasteiger partial charge on any atom is -0.453 e. The molecule has 2 aromatic heterocycles. The number of nitrogens with one attached hydrogen (secondary N) is 4. The van der Waals surface area contributed by atoms with Crippen molar-refractivity contribution in [1.82, 2.24) is 40.4 Å². The molecular formula is C44H50N8O6. The Hall–Kier alpha value is -6.10. The van der Waals surface area contributed by atoms with Gasteiger partial charge in [-0.1, -0.05) is 63.8 Å². The Morgan fingerprint density at radius 1 is 0.638 bits per heavy atom. The number of likely N-dealkylation sites (tertiary alicyclic amines) is 2. The number of rotatable bonds is 10. The van der Waals surface area contributed by atoms with E-state index in [1.807, 2.05) is 98.4 Å². The number of H-pyrrole nitrogens is 2. The molecule has 4 aliphatic rings. The zero-order valence-corrected chi connectivity index (χ0v) is 33.6. The van der Waals surface area contributed by atoms with Crippen LogP contribution < -0.4 is 10.6 Å². The number of methoxy groups -OCH3 is 2. The van der Waals surface area contributed by atoms with E-state index in [0.29, 0.717) is 23.5 Å². The number of amides is 4. The molecule has 8 atom stereocenters. The summed E-state index contributed by atoms with van der Waals surface area (Å²) in [5, 5.41) is 5.46. The highest BCUT2D eigenvalue weighted by Gasteiger charge is 2.57. The fraction of sp³-hybridized carbons (Fsp3) is 0.455. The van der Waals surface area contributed by atoms with Crippen LogP contribution in [-0.2, 0) is 19.1 Å². The molecule has 0 spiro atoms. The Morgan fingerprint density at radius 2 is 1.02 bits per heavy atom. The number of piperidine rings is 2. The van der Waals surface area contributed by atoms with Gasteiger partial charge < -0.3 is 39.9 Å². The molecule has 4 heterocycles. The van der Waals surface area contributed by atoms with Crippen LogP contribution in [0.3, 0.4) is 0 Å². The van der Waals surface area contributed by atoms with E-state index < -0.39 is 24.3 Å². The van der Waals surface area contributed by atoms with Crippen LogP contribution in [0, 0.1) is 35.5 Å². The third kappa shape index (κ3) is 7.65. The maximum absolute atomic E-state index is 13.7. The predicted molar refractivity (Wildman–Crippen MR) is 215 cm³/mol. The number of benzene rings is 2. The number of alkyl carbamates (subject to hydrolysis) is 2. The molecule has 2 saturated heterocycles. The predicted octanol–water partition coefficient (Wildman–Crippen LogP) is 5.95. The highest BCUT2D eigenvalue weighted by atomic mass is 16.5. The smallest absolute Gasteiger partial charge is 0.407 e. The maximum atomic E-state index is 13.7. The van der Waals surface area contributed by atoms with Crippen molar-refractivity contribution in [3.8, 4) is 34.6 Å². The maximum Gasteiger partial charge on any atom is 0.407 e. The van der Waals surface area contributed by atoms with Gasteiger partial charge in [0.05, 0.1) is 50.1 Å². The number of nitrogens with zero attached hydrogens (tertiary/aromatic N) is 4. The molecule has 4 aromatic rings. The van der Waals surface area contributed by atoms with Crippen LogP contribution in [0.4, 0.5) is 9.59 Å². The molecule has 2 aliphatic carbocycles. The number of carbonyl (C=O) groups excluding carboxylic acids is 4. The summed E-state index contributed by atoms with van der Waals surface area (Å²) < 4.78 is 9.57. The van der Waals surface area contributed by atoms with Crippen molar-refractivity contribution in [3.05, 3.63) is 83.4 Å². The van der Waals surface area contributed by atoms with Gasteiger partial charge in [-0.05, 0) is 73.6 Å². The van der Waals surface area contributed by atoms with Gasteiger partial charge in [0.25, 0.3) is 0 Å². The van der Waals surface area contributed by atoms with Gasteiger partial charge in [0, 0.05) is 34.3 Å². The van der Waals surface area contributed by atoms with Crippen LogP contribution in [0.2, 0.25) is 0 Å². The Morgan fingerprint density at radius 3 is 1.36 bits per heavy atom. The zero-order valence-electron chi connectivity index (χ0n) is 33.6. The molecule has 2 aromatic carbocycles. The monoisotopic (exact) mass is 786 g/mol. The van der Waals surface area contributed by atoms with Crippen LogP contribution in [0.1, 0.15) is 88.0 Å². The van der Waals surface area contributed by atoms with Crippen molar-refractivity contribution in [2.45, 2.75) is 89.6 Å². The van der Waals surface area contributed by atoms with E-state index in [1.54, 1.807) is 0 Å². The lowest BCUT2D eigenvalue weighted by Crippen LogP contribution is -2.51.